The minimum atomic E-state index is -0.247. The van der Waals surface area contributed by atoms with Gasteiger partial charge in [-0.15, -0.1) is 6.58 Å². The number of hydrogen-bond acceptors (Lipinski definition) is 4. The van der Waals surface area contributed by atoms with E-state index < -0.39 is 0 Å². The standard InChI is InChI=1S/C15H15ClN2OS/c1-3-7-20-15(19)14(9-17)11(2)18-10-12-5-4-6-13(16)8-12/h3-6,8,18H,1,7,10H2,2H3. The Morgan fingerprint density at radius 2 is 2.35 bits per heavy atom. The lowest BCUT2D eigenvalue weighted by Crippen LogP contribution is -2.15. The Balaban J connectivity index is 2.73. The van der Waals surface area contributed by atoms with Gasteiger partial charge in [0.1, 0.15) is 11.6 Å². The van der Waals surface area contributed by atoms with Crippen molar-refractivity contribution in [2.45, 2.75) is 13.5 Å². The second-order valence-corrected chi connectivity index (χ2v) is 5.41. The van der Waals surface area contributed by atoms with Crippen LogP contribution in [0.15, 0.2) is 48.2 Å². The summed E-state index contributed by atoms with van der Waals surface area (Å²) in [7, 11) is 0. The van der Waals surface area contributed by atoms with E-state index in [0.29, 0.717) is 23.0 Å². The van der Waals surface area contributed by atoms with Gasteiger partial charge in [0.05, 0.1) is 0 Å². The van der Waals surface area contributed by atoms with Crippen molar-refractivity contribution in [3.05, 3.63) is 58.8 Å². The van der Waals surface area contributed by atoms with Gasteiger partial charge in [0.2, 0.25) is 5.12 Å². The van der Waals surface area contributed by atoms with Crippen molar-refractivity contribution < 1.29 is 4.79 Å². The third-order valence-electron chi connectivity index (χ3n) is 2.47. The second kappa shape index (κ2) is 8.47. The molecule has 0 aliphatic heterocycles. The molecule has 1 aromatic rings. The quantitative estimate of drug-likeness (QED) is 0.495. The zero-order valence-electron chi connectivity index (χ0n) is 11.1. The predicted molar refractivity (Wildman–Crippen MR) is 84.3 cm³/mol. The lowest BCUT2D eigenvalue weighted by atomic mass is 10.2. The van der Waals surface area contributed by atoms with Crippen molar-refractivity contribution in [2.24, 2.45) is 0 Å². The Hall–Kier alpha value is -1.70. The highest BCUT2D eigenvalue weighted by Crippen LogP contribution is 2.14. The fraction of sp³-hybridized carbons (Fsp3) is 0.200. The second-order valence-electron chi connectivity index (χ2n) is 3.98. The number of nitrogens with zero attached hydrogens (tertiary/aromatic N) is 1. The minimum Gasteiger partial charge on any atom is -0.383 e. The predicted octanol–water partition coefficient (Wildman–Crippen LogP) is 3.67. The van der Waals surface area contributed by atoms with E-state index in [-0.39, 0.29) is 10.7 Å². The van der Waals surface area contributed by atoms with Gasteiger partial charge in [-0.2, -0.15) is 5.26 Å². The number of halogens is 1. The molecule has 0 unspecified atom stereocenters. The normalized spacial score (nSPS) is 11.2. The zero-order valence-corrected chi connectivity index (χ0v) is 12.7. The van der Waals surface area contributed by atoms with Crippen LogP contribution >= 0.6 is 23.4 Å². The number of carbonyl (C=O) groups is 1. The van der Waals surface area contributed by atoms with E-state index >= 15 is 0 Å². The molecule has 0 aliphatic carbocycles. The third kappa shape index (κ3) is 5.12. The molecule has 0 aromatic heterocycles. The Kier molecular flexibility index (Phi) is 6.92. The van der Waals surface area contributed by atoms with Gasteiger partial charge < -0.3 is 5.32 Å². The zero-order chi connectivity index (χ0) is 15.0. The van der Waals surface area contributed by atoms with Crippen LogP contribution in [0.3, 0.4) is 0 Å². The minimum absolute atomic E-state index is 0.138. The van der Waals surface area contributed by atoms with Gasteiger partial charge in [0.15, 0.2) is 0 Å². The van der Waals surface area contributed by atoms with E-state index in [9.17, 15) is 4.79 Å². The van der Waals surface area contributed by atoms with Crippen LogP contribution in [-0.2, 0) is 11.3 Å². The van der Waals surface area contributed by atoms with Crippen LogP contribution in [0.2, 0.25) is 5.02 Å². The van der Waals surface area contributed by atoms with Crippen molar-refractivity contribution in [3.8, 4) is 6.07 Å². The van der Waals surface area contributed by atoms with Gasteiger partial charge in [-0.1, -0.05) is 41.6 Å². The Labute approximate surface area is 128 Å². The lowest BCUT2D eigenvalue weighted by Gasteiger charge is -2.09. The van der Waals surface area contributed by atoms with Gasteiger partial charge in [0.25, 0.3) is 0 Å². The summed E-state index contributed by atoms with van der Waals surface area (Å²) in [5.41, 5.74) is 1.69. The highest BCUT2D eigenvalue weighted by Gasteiger charge is 2.12. The highest BCUT2D eigenvalue weighted by atomic mass is 35.5. The summed E-state index contributed by atoms with van der Waals surface area (Å²) in [6.07, 6.45) is 1.63. The summed E-state index contributed by atoms with van der Waals surface area (Å²) in [6, 6.07) is 9.35. The lowest BCUT2D eigenvalue weighted by molar-refractivity contribution is -0.107. The van der Waals surface area contributed by atoms with Crippen LogP contribution in [0.5, 0.6) is 0 Å². The van der Waals surface area contributed by atoms with Crippen LogP contribution in [0.25, 0.3) is 0 Å². The molecular formula is C15H15ClN2OS. The van der Waals surface area contributed by atoms with E-state index in [4.69, 9.17) is 16.9 Å². The maximum absolute atomic E-state index is 11.8. The number of thioether (sulfide) groups is 1. The Morgan fingerprint density at radius 1 is 1.60 bits per heavy atom. The fourth-order valence-corrected chi connectivity index (χ4v) is 2.28. The van der Waals surface area contributed by atoms with Gasteiger partial charge in [0, 0.05) is 23.0 Å². The molecule has 5 heteroatoms. The first-order chi connectivity index (χ1) is 9.58. The Bertz CT molecular complexity index is 575. The van der Waals surface area contributed by atoms with E-state index in [1.54, 1.807) is 19.1 Å². The molecule has 0 atom stereocenters. The monoisotopic (exact) mass is 306 g/mol. The third-order valence-corrected chi connectivity index (χ3v) is 3.57. The molecule has 1 aromatic carbocycles. The van der Waals surface area contributed by atoms with Crippen LogP contribution in [0, 0.1) is 11.3 Å². The largest absolute Gasteiger partial charge is 0.383 e. The Morgan fingerprint density at radius 3 is 2.95 bits per heavy atom. The average Bonchev–Trinajstić information content (AvgIpc) is 2.43. The van der Waals surface area contributed by atoms with Crippen molar-refractivity contribution in [1.82, 2.24) is 5.32 Å². The fourth-order valence-electron chi connectivity index (χ4n) is 1.46. The number of allylic oxidation sites excluding steroid dienone is 1. The van der Waals surface area contributed by atoms with Crippen molar-refractivity contribution in [1.29, 1.82) is 5.26 Å². The molecule has 0 amide bonds. The smallest absolute Gasteiger partial charge is 0.231 e. The summed E-state index contributed by atoms with van der Waals surface area (Å²) in [5.74, 6) is 0.492. The number of rotatable bonds is 6. The maximum atomic E-state index is 11.8. The molecule has 0 aliphatic rings. The number of benzene rings is 1. The van der Waals surface area contributed by atoms with Gasteiger partial charge in [-0.25, -0.2) is 0 Å². The molecule has 0 spiro atoms. The van der Waals surface area contributed by atoms with E-state index in [1.807, 2.05) is 24.3 Å². The topological polar surface area (TPSA) is 52.9 Å². The van der Waals surface area contributed by atoms with Gasteiger partial charge in [-0.05, 0) is 24.6 Å². The first-order valence-corrected chi connectivity index (χ1v) is 7.32. The molecule has 1 rings (SSSR count). The van der Waals surface area contributed by atoms with Crippen molar-refractivity contribution in [3.63, 3.8) is 0 Å². The SMILES string of the molecule is C=CCSC(=O)C(C#N)=C(C)NCc1cccc(Cl)c1. The van der Waals surface area contributed by atoms with Gasteiger partial charge in [-0.3, -0.25) is 4.79 Å². The molecule has 104 valence electrons. The van der Waals surface area contributed by atoms with Crippen molar-refractivity contribution >= 4 is 28.5 Å². The number of nitriles is 1. The molecule has 0 saturated heterocycles. The summed E-state index contributed by atoms with van der Waals surface area (Å²) in [5, 5.41) is 12.6. The van der Waals surface area contributed by atoms with E-state index in [0.717, 1.165) is 17.3 Å². The first kappa shape index (κ1) is 16.4. The molecule has 20 heavy (non-hydrogen) atoms. The molecular weight excluding hydrogens is 292 g/mol. The van der Waals surface area contributed by atoms with Crippen molar-refractivity contribution in [2.75, 3.05) is 5.75 Å². The van der Waals surface area contributed by atoms with E-state index in [1.165, 1.54) is 0 Å². The highest BCUT2D eigenvalue weighted by molar-refractivity contribution is 8.14. The molecule has 0 radical (unpaired) electrons. The summed E-state index contributed by atoms with van der Waals surface area (Å²) in [6.45, 7) is 5.78. The number of hydrogen-bond donors (Lipinski definition) is 1. The summed E-state index contributed by atoms with van der Waals surface area (Å²) >= 11 is 6.96. The average molecular weight is 307 g/mol. The number of carbonyl (C=O) groups excluding carboxylic acids is 1. The number of nitrogens with one attached hydrogen (secondary N) is 1. The van der Waals surface area contributed by atoms with E-state index in [2.05, 4.69) is 11.9 Å². The van der Waals surface area contributed by atoms with Crippen LogP contribution in [-0.4, -0.2) is 10.9 Å². The van der Waals surface area contributed by atoms with Crippen LogP contribution < -0.4 is 5.32 Å². The van der Waals surface area contributed by atoms with Gasteiger partial charge >= 0.3 is 0 Å². The van der Waals surface area contributed by atoms with Crippen LogP contribution in [0.4, 0.5) is 0 Å². The molecule has 0 fully saturated rings. The molecule has 0 bridgehead atoms. The maximum Gasteiger partial charge on any atom is 0.231 e. The molecule has 1 N–H and O–H groups in total. The molecule has 0 saturated carbocycles. The molecule has 3 nitrogen and oxygen atoms in total. The summed E-state index contributed by atoms with van der Waals surface area (Å²) < 4.78 is 0. The summed E-state index contributed by atoms with van der Waals surface area (Å²) in [4.78, 5) is 11.8. The molecule has 0 heterocycles. The first-order valence-electron chi connectivity index (χ1n) is 5.95. The van der Waals surface area contributed by atoms with Crippen LogP contribution in [0.1, 0.15) is 12.5 Å².